The van der Waals surface area contributed by atoms with Crippen molar-refractivity contribution < 1.29 is 39.6 Å². The fourth-order valence-electron chi connectivity index (χ4n) is 0.253. The van der Waals surface area contributed by atoms with Gasteiger partial charge in [0.15, 0.2) is 6.10 Å². The van der Waals surface area contributed by atoms with E-state index in [4.69, 9.17) is 20.4 Å². The third-order valence-corrected chi connectivity index (χ3v) is 0.954. The Bertz CT molecular complexity index is 256. The van der Waals surface area contributed by atoms with E-state index in [-0.39, 0.29) is 0 Å². The van der Waals surface area contributed by atoms with E-state index in [2.05, 4.69) is 0 Å². The summed E-state index contributed by atoms with van der Waals surface area (Å²) in [5.41, 5.74) is 0. The number of carboxylic acid groups (broad SMARTS) is 3. The van der Waals surface area contributed by atoms with Crippen molar-refractivity contribution in [3.63, 3.8) is 0 Å². The standard InChI is InChI=1S/C4H6O5.C3H4O3/c5-2(4(8)9)1-3(6)7;1-2(4)3(5)6/h2,5H,1H2,(H,6,7)(H,8,9);1H3,(H,5,6). The van der Waals surface area contributed by atoms with E-state index < -0.39 is 36.2 Å². The molecule has 0 aromatic carbocycles. The van der Waals surface area contributed by atoms with Crippen LogP contribution in [0.2, 0.25) is 0 Å². The van der Waals surface area contributed by atoms with Crippen molar-refractivity contribution in [2.45, 2.75) is 19.4 Å². The lowest BCUT2D eigenvalue weighted by Crippen LogP contribution is -2.22. The number of aliphatic carboxylic acids is 3. The zero-order valence-electron chi connectivity index (χ0n) is 7.71. The minimum atomic E-state index is -1.79. The van der Waals surface area contributed by atoms with Gasteiger partial charge in [-0.3, -0.25) is 9.59 Å². The number of aliphatic hydroxyl groups is 1. The Morgan fingerprint density at radius 3 is 1.47 bits per heavy atom. The highest BCUT2D eigenvalue weighted by atomic mass is 16.4. The summed E-state index contributed by atoms with van der Waals surface area (Å²) in [6.45, 7) is 1.00. The predicted octanol–water partition coefficient (Wildman–Crippen LogP) is -1.43. The van der Waals surface area contributed by atoms with Gasteiger partial charge in [0, 0.05) is 6.92 Å². The van der Waals surface area contributed by atoms with Crippen molar-refractivity contribution in [3.8, 4) is 0 Å². The molecule has 86 valence electrons. The van der Waals surface area contributed by atoms with Crippen LogP contribution < -0.4 is 0 Å². The molecule has 0 aliphatic rings. The fraction of sp³-hybridized carbons (Fsp3) is 0.429. The normalized spacial score (nSPS) is 10.5. The van der Waals surface area contributed by atoms with E-state index in [1.165, 1.54) is 0 Å². The van der Waals surface area contributed by atoms with Crippen LogP contribution in [0.1, 0.15) is 13.3 Å². The van der Waals surface area contributed by atoms with Gasteiger partial charge in [-0.15, -0.1) is 0 Å². The first-order valence-corrected chi connectivity index (χ1v) is 3.55. The monoisotopic (exact) mass is 222 g/mol. The molecule has 0 fully saturated rings. The van der Waals surface area contributed by atoms with Crippen LogP contribution in [0.15, 0.2) is 0 Å². The SMILES string of the molecule is CC(=O)C(=O)O.O=C(O)CC(O)C(=O)O. The average molecular weight is 222 g/mol. The molecule has 0 amide bonds. The van der Waals surface area contributed by atoms with Crippen molar-refractivity contribution in [1.29, 1.82) is 0 Å². The quantitative estimate of drug-likeness (QED) is 0.422. The second kappa shape index (κ2) is 7.44. The summed E-state index contributed by atoms with van der Waals surface area (Å²) < 4.78 is 0. The number of aliphatic hydroxyl groups excluding tert-OH is 1. The molecule has 4 N–H and O–H groups in total. The van der Waals surface area contributed by atoms with Crippen molar-refractivity contribution in [2.24, 2.45) is 0 Å². The van der Waals surface area contributed by atoms with Gasteiger partial charge >= 0.3 is 17.9 Å². The highest BCUT2D eigenvalue weighted by Crippen LogP contribution is 1.89. The minimum Gasteiger partial charge on any atom is -0.481 e. The highest BCUT2D eigenvalue weighted by Gasteiger charge is 2.16. The lowest BCUT2D eigenvalue weighted by molar-refractivity contribution is -0.152. The molecular weight excluding hydrogens is 212 g/mol. The Morgan fingerprint density at radius 2 is 1.40 bits per heavy atom. The molecule has 1 unspecified atom stereocenters. The molecule has 0 spiro atoms. The van der Waals surface area contributed by atoms with Crippen molar-refractivity contribution in [2.75, 3.05) is 0 Å². The zero-order valence-corrected chi connectivity index (χ0v) is 7.71. The van der Waals surface area contributed by atoms with Gasteiger partial charge in [0.05, 0.1) is 6.42 Å². The summed E-state index contributed by atoms with van der Waals surface area (Å²) in [4.78, 5) is 38.3. The first-order valence-electron chi connectivity index (χ1n) is 3.55. The Balaban J connectivity index is 0. The molecule has 0 aromatic rings. The lowest BCUT2D eigenvalue weighted by Gasteiger charge is -1.97. The number of carboxylic acids is 3. The Labute approximate surface area is 83.8 Å². The third-order valence-electron chi connectivity index (χ3n) is 0.954. The number of carbonyl (C=O) groups excluding carboxylic acids is 1. The van der Waals surface area contributed by atoms with Gasteiger partial charge in [-0.2, -0.15) is 0 Å². The molecule has 0 aliphatic carbocycles. The Hall–Kier alpha value is -1.96. The molecule has 0 aliphatic heterocycles. The summed E-state index contributed by atoms with van der Waals surface area (Å²) in [6, 6.07) is 0. The van der Waals surface area contributed by atoms with Gasteiger partial charge in [0.1, 0.15) is 0 Å². The lowest BCUT2D eigenvalue weighted by atomic mass is 10.3. The summed E-state index contributed by atoms with van der Waals surface area (Å²) in [7, 11) is 0. The number of rotatable bonds is 4. The number of hydrogen-bond acceptors (Lipinski definition) is 5. The van der Waals surface area contributed by atoms with E-state index in [1.807, 2.05) is 0 Å². The van der Waals surface area contributed by atoms with Gasteiger partial charge in [0.2, 0.25) is 5.78 Å². The molecule has 8 nitrogen and oxygen atoms in total. The Kier molecular flexibility index (Phi) is 7.70. The van der Waals surface area contributed by atoms with Crippen LogP contribution >= 0.6 is 0 Å². The third kappa shape index (κ3) is 12.0. The molecule has 0 radical (unpaired) electrons. The van der Waals surface area contributed by atoms with Gasteiger partial charge in [0.25, 0.3) is 0 Å². The van der Waals surface area contributed by atoms with E-state index in [1.54, 1.807) is 0 Å². The number of ketones is 1. The topological polar surface area (TPSA) is 149 Å². The minimum absolute atomic E-state index is 0.755. The van der Waals surface area contributed by atoms with Crippen molar-refractivity contribution >= 4 is 23.7 Å². The summed E-state index contributed by atoms with van der Waals surface area (Å²) in [5.74, 6) is -5.05. The highest BCUT2D eigenvalue weighted by molar-refractivity contribution is 6.31. The van der Waals surface area contributed by atoms with Crippen LogP contribution in [0.4, 0.5) is 0 Å². The molecule has 0 bridgehead atoms. The smallest absolute Gasteiger partial charge is 0.371 e. The summed E-state index contributed by atoms with van der Waals surface area (Å²) in [5, 5.41) is 31.8. The number of carbonyl (C=O) groups is 4. The van der Waals surface area contributed by atoms with Gasteiger partial charge in [-0.05, 0) is 0 Å². The zero-order chi connectivity index (χ0) is 12.6. The maximum absolute atomic E-state index is 9.72. The fourth-order valence-corrected chi connectivity index (χ4v) is 0.253. The van der Waals surface area contributed by atoms with Crippen molar-refractivity contribution in [3.05, 3.63) is 0 Å². The van der Waals surface area contributed by atoms with E-state index in [0.717, 1.165) is 6.92 Å². The molecule has 8 heteroatoms. The molecule has 0 aromatic heterocycles. The van der Waals surface area contributed by atoms with Crippen LogP contribution in [0.5, 0.6) is 0 Å². The predicted molar refractivity (Wildman–Crippen MR) is 44.2 cm³/mol. The van der Waals surface area contributed by atoms with Crippen LogP contribution in [0.25, 0.3) is 0 Å². The van der Waals surface area contributed by atoms with E-state index >= 15 is 0 Å². The van der Waals surface area contributed by atoms with E-state index in [9.17, 15) is 19.2 Å². The molecule has 0 rings (SSSR count). The molecule has 1 atom stereocenters. The summed E-state index contributed by atoms with van der Waals surface area (Å²) in [6.07, 6.45) is -2.54. The van der Waals surface area contributed by atoms with Gasteiger partial charge < -0.3 is 20.4 Å². The largest absolute Gasteiger partial charge is 0.481 e. The molecule has 0 saturated carbocycles. The second-order valence-corrected chi connectivity index (χ2v) is 2.31. The molecule has 0 heterocycles. The maximum Gasteiger partial charge on any atom is 0.371 e. The molecule has 0 saturated heterocycles. The van der Waals surface area contributed by atoms with Crippen molar-refractivity contribution in [1.82, 2.24) is 0 Å². The second-order valence-electron chi connectivity index (χ2n) is 2.31. The first-order chi connectivity index (χ1) is 6.68. The molecular formula is C7H10O8. The van der Waals surface area contributed by atoms with Crippen LogP contribution in [0.3, 0.4) is 0 Å². The van der Waals surface area contributed by atoms with Gasteiger partial charge in [-0.1, -0.05) is 0 Å². The van der Waals surface area contributed by atoms with Gasteiger partial charge in [-0.25, -0.2) is 9.59 Å². The van der Waals surface area contributed by atoms with E-state index in [0.29, 0.717) is 0 Å². The van der Waals surface area contributed by atoms with Crippen LogP contribution in [-0.4, -0.2) is 50.2 Å². The maximum atomic E-state index is 9.72. The Morgan fingerprint density at radius 1 is 1.07 bits per heavy atom. The van der Waals surface area contributed by atoms with Crippen LogP contribution in [-0.2, 0) is 19.2 Å². The first kappa shape index (κ1) is 15.5. The number of hydrogen-bond donors (Lipinski definition) is 4. The molecule has 15 heavy (non-hydrogen) atoms. The average Bonchev–Trinajstić information content (AvgIpc) is 2.03. The summed E-state index contributed by atoms with van der Waals surface area (Å²) >= 11 is 0. The van der Waals surface area contributed by atoms with Crippen LogP contribution in [0, 0.1) is 0 Å². The number of Topliss-reactive ketones (excluding diaryl/α,β-unsaturated/α-hetero) is 1.